The third-order valence-corrected chi connectivity index (χ3v) is 3.32. The van der Waals surface area contributed by atoms with Crippen LogP contribution in [0.2, 0.25) is 0 Å². The smallest absolute Gasteiger partial charge is 0.0905 e. The molecule has 4 heteroatoms. The molecule has 1 atom stereocenters. The summed E-state index contributed by atoms with van der Waals surface area (Å²) >= 11 is 0. The number of hydrogen-bond acceptors (Lipinski definition) is 3. The lowest BCUT2D eigenvalue weighted by Gasteiger charge is -2.15. The average Bonchev–Trinajstić information content (AvgIpc) is 3.00. The fourth-order valence-corrected chi connectivity index (χ4v) is 2.26. The number of nitrogens with zero attached hydrogens (tertiary/aromatic N) is 3. The molecule has 0 aliphatic carbocycles. The molecule has 0 fully saturated rings. The zero-order valence-electron chi connectivity index (χ0n) is 11.1. The molecular weight excluding hydrogens is 248 g/mol. The van der Waals surface area contributed by atoms with Crippen LogP contribution in [0.1, 0.15) is 11.6 Å². The van der Waals surface area contributed by atoms with E-state index in [1.54, 1.807) is 6.20 Å². The van der Waals surface area contributed by atoms with Crippen LogP contribution < -0.4 is 5.73 Å². The second-order valence-electron chi connectivity index (χ2n) is 4.61. The Kier molecular flexibility index (Phi) is 3.56. The van der Waals surface area contributed by atoms with Gasteiger partial charge in [-0.15, -0.1) is 0 Å². The zero-order valence-corrected chi connectivity index (χ0v) is 11.1. The molecule has 0 radical (unpaired) electrons. The first kappa shape index (κ1) is 12.6. The topological polar surface area (TPSA) is 56.7 Å². The molecule has 0 saturated heterocycles. The van der Waals surface area contributed by atoms with Gasteiger partial charge in [-0.05, 0) is 17.2 Å². The summed E-state index contributed by atoms with van der Waals surface area (Å²) in [4.78, 5) is 4.15. The second-order valence-corrected chi connectivity index (χ2v) is 4.61. The van der Waals surface area contributed by atoms with Crippen molar-refractivity contribution in [2.75, 3.05) is 6.54 Å². The van der Waals surface area contributed by atoms with E-state index in [1.807, 2.05) is 53.6 Å². The molecule has 1 aromatic carbocycles. The van der Waals surface area contributed by atoms with Gasteiger partial charge in [0.15, 0.2) is 0 Å². The van der Waals surface area contributed by atoms with E-state index in [1.165, 1.54) is 0 Å². The summed E-state index contributed by atoms with van der Waals surface area (Å²) in [5.74, 6) is 0. The van der Waals surface area contributed by atoms with Crippen LogP contribution in [0, 0.1) is 0 Å². The number of nitrogens with two attached hydrogens (primary N) is 1. The molecule has 20 heavy (non-hydrogen) atoms. The molecule has 4 nitrogen and oxygen atoms in total. The Hall–Kier alpha value is -2.46. The molecule has 2 heterocycles. The van der Waals surface area contributed by atoms with E-state index in [4.69, 9.17) is 5.73 Å². The number of pyridine rings is 1. The highest BCUT2D eigenvalue weighted by atomic mass is 15.3. The fourth-order valence-electron chi connectivity index (χ4n) is 2.26. The molecule has 100 valence electrons. The van der Waals surface area contributed by atoms with Crippen molar-refractivity contribution < 1.29 is 0 Å². The van der Waals surface area contributed by atoms with Crippen molar-refractivity contribution >= 4 is 0 Å². The van der Waals surface area contributed by atoms with Crippen LogP contribution >= 0.6 is 0 Å². The molecule has 0 aliphatic rings. The van der Waals surface area contributed by atoms with Crippen molar-refractivity contribution in [3.63, 3.8) is 0 Å². The van der Waals surface area contributed by atoms with Crippen LogP contribution in [-0.4, -0.2) is 21.3 Å². The van der Waals surface area contributed by atoms with Gasteiger partial charge in [0.1, 0.15) is 0 Å². The maximum Gasteiger partial charge on any atom is 0.0905 e. The third kappa shape index (κ3) is 2.46. The lowest BCUT2D eigenvalue weighted by Crippen LogP contribution is -2.20. The van der Waals surface area contributed by atoms with E-state index < -0.39 is 0 Å². The number of benzene rings is 1. The van der Waals surface area contributed by atoms with Crippen molar-refractivity contribution in [3.8, 4) is 11.1 Å². The van der Waals surface area contributed by atoms with E-state index in [9.17, 15) is 0 Å². The van der Waals surface area contributed by atoms with Gasteiger partial charge >= 0.3 is 0 Å². The minimum absolute atomic E-state index is 0.0150. The van der Waals surface area contributed by atoms with E-state index >= 15 is 0 Å². The molecule has 1 unspecified atom stereocenters. The molecule has 2 aromatic heterocycles. The molecule has 3 rings (SSSR count). The van der Waals surface area contributed by atoms with Gasteiger partial charge in [-0.3, -0.25) is 9.67 Å². The van der Waals surface area contributed by atoms with Gasteiger partial charge in [0.25, 0.3) is 0 Å². The Morgan fingerprint density at radius 3 is 2.55 bits per heavy atom. The van der Waals surface area contributed by atoms with Gasteiger partial charge in [-0.2, -0.15) is 5.10 Å². The maximum absolute atomic E-state index is 5.90. The van der Waals surface area contributed by atoms with Crippen molar-refractivity contribution in [1.82, 2.24) is 14.8 Å². The minimum atomic E-state index is 0.0150. The standard InChI is InChI=1S/C16H16N4/c17-9-16(14-7-4-8-18-10-14)20-12-15(11-19-20)13-5-2-1-3-6-13/h1-8,10-12,16H,9,17H2. The molecule has 0 spiro atoms. The Morgan fingerprint density at radius 1 is 1.00 bits per heavy atom. The third-order valence-electron chi connectivity index (χ3n) is 3.32. The van der Waals surface area contributed by atoms with Crippen LogP contribution in [0.3, 0.4) is 0 Å². The van der Waals surface area contributed by atoms with Crippen molar-refractivity contribution in [2.45, 2.75) is 6.04 Å². The van der Waals surface area contributed by atoms with Gasteiger partial charge < -0.3 is 5.73 Å². The minimum Gasteiger partial charge on any atom is -0.328 e. The SMILES string of the molecule is NCC(c1cccnc1)n1cc(-c2ccccc2)cn1. The summed E-state index contributed by atoms with van der Waals surface area (Å²) < 4.78 is 1.90. The molecule has 3 aromatic rings. The predicted octanol–water partition coefficient (Wildman–Crippen LogP) is 2.49. The average molecular weight is 264 g/mol. The fraction of sp³-hybridized carbons (Fsp3) is 0.125. The summed E-state index contributed by atoms with van der Waals surface area (Å²) in [6, 6.07) is 14.1. The summed E-state index contributed by atoms with van der Waals surface area (Å²) in [5.41, 5.74) is 9.21. The Labute approximate surface area is 117 Å². The van der Waals surface area contributed by atoms with Crippen LogP contribution in [0.4, 0.5) is 0 Å². The van der Waals surface area contributed by atoms with Crippen LogP contribution in [0.25, 0.3) is 11.1 Å². The monoisotopic (exact) mass is 264 g/mol. The first-order valence-electron chi connectivity index (χ1n) is 6.58. The predicted molar refractivity (Wildman–Crippen MR) is 79.1 cm³/mol. The second kappa shape index (κ2) is 5.67. The van der Waals surface area contributed by atoms with Gasteiger partial charge in [0.2, 0.25) is 0 Å². The Bertz CT molecular complexity index is 661. The van der Waals surface area contributed by atoms with Crippen molar-refractivity contribution in [1.29, 1.82) is 0 Å². The molecule has 0 bridgehead atoms. The highest BCUT2D eigenvalue weighted by molar-refractivity contribution is 5.61. The summed E-state index contributed by atoms with van der Waals surface area (Å²) in [6.45, 7) is 0.488. The summed E-state index contributed by atoms with van der Waals surface area (Å²) in [5, 5.41) is 4.45. The van der Waals surface area contributed by atoms with Crippen molar-refractivity contribution in [2.24, 2.45) is 5.73 Å². The van der Waals surface area contributed by atoms with Gasteiger partial charge in [-0.25, -0.2) is 0 Å². The van der Waals surface area contributed by atoms with Crippen molar-refractivity contribution in [3.05, 3.63) is 72.8 Å². The lowest BCUT2D eigenvalue weighted by molar-refractivity contribution is 0.530. The Morgan fingerprint density at radius 2 is 1.85 bits per heavy atom. The highest BCUT2D eigenvalue weighted by Crippen LogP contribution is 2.21. The van der Waals surface area contributed by atoms with E-state index in [0.29, 0.717) is 6.54 Å². The first-order chi connectivity index (χ1) is 9.88. The van der Waals surface area contributed by atoms with E-state index in [0.717, 1.165) is 16.7 Å². The number of aromatic nitrogens is 3. The van der Waals surface area contributed by atoms with Crippen LogP contribution in [0.5, 0.6) is 0 Å². The van der Waals surface area contributed by atoms with Gasteiger partial charge in [0.05, 0.1) is 12.2 Å². The first-order valence-corrected chi connectivity index (χ1v) is 6.58. The molecule has 2 N–H and O–H groups in total. The molecule has 0 saturated carbocycles. The molecule has 0 amide bonds. The normalized spacial score (nSPS) is 12.2. The Balaban J connectivity index is 1.93. The number of hydrogen-bond donors (Lipinski definition) is 1. The summed E-state index contributed by atoms with van der Waals surface area (Å²) in [6.07, 6.45) is 7.49. The van der Waals surface area contributed by atoms with Gasteiger partial charge in [0, 0.05) is 30.7 Å². The number of rotatable bonds is 4. The lowest BCUT2D eigenvalue weighted by atomic mass is 10.1. The van der Waals surface area contributed by atoms with E-state index in [2.05, 4.69) is 22.2 Å². The molecule has 0 aliphatic heterocycles. The van der Waals surface area contributed by atoms with E-state index in [-0.39, 0.29) is 6.04 Å². The van der Waals surface area contributed by atoms with Gasteiger partial charge in [-0.1, -0.05) is 36.4 Å². The largest absolute Gasteiger partial charge is 0.328 e. The zero-order chi connectivity index (χ0) is 13.8. The molecular formula is C16H16N4. The van der Waals surface area contributed by atoms with Crippen LogP contribution in [0.15, 0.2) is 67.3 Å². The maximum atomic E-state index is 5.90. The quantitative estimate of drug-likeness (QED) is 0.787. The summed E-state index contributed by atoms with van der Waals surface area (Å²) in [7, 11) is 0. The van der Waals surface area contributed by atoms with Crippen LogP contribution in [-0.2, 0) is 0 Å². The highest BCUT2D eigenvalue weighted by Gasteiger charge is 2.13.